The minimum absolute atomic E-state index is 0.0190. The van der Waals surface area contributed by atoms with Gasteiger partial charge in [0.25, 0.3) is 0 Å². The van der Waals surface area contributed by atoms with Crippen LogP contribution in [0.1, 0.15) is 43.7 Å². The number of para-hydroxylation sites is 2. The molecule has 0 bridgehead atoms. The zero-order chi connectivity index (χ0) is 16.7. The molecule has 1 aliphatic heterocycles. The van der Waals surface area contributed by atoms with Gasteiger partial charge in [0.05, 0.1) is 11.6 Å². The van der Waals surface area contributed by atoms with E-state index in [1.807, 2.05) is 18.2 Å². The molecule has 1 saturated carbocycles. The maximum atomic E-state index is 6.46. The van der Waals surface area contributed by atoms with Crippen LogP contribution in [0, 0.1) is 0 Å². The van der Waals surface area contributed by atoms with Crippen LogP contribution < -0.4 is 10.1 Å². The maximum absolute atomic E-state index is 6.46. The Balaban J connectivity index is 1.56. The van der Waals surface area contributed by atoms with Crippen molar-refractivity contribution in [1.29, 1.82) is 0 Å². The van der Waals surface area contributed by atoms with E-state index in [4.69, 9.17) is 4.74 Å². The number of ether oxygens (including phenoxy) is 1. The normalized spacial score (nSPS) is 21.0. The molecule has 4 nitrogen and oxygen atoms in total. The first-order valence-electron chi connectivity index (χ1n) is 9.07. The van der Waals surface area contributed by atoms with Crippen LogP contribution >= 0.6 is 0 Å². The lowest BCUT2D eigenvalue weighted by molar-refractivity contribution is 0.0453. The molecular weight excluding hydrogens is 310 g/mol. The number of nitrogens with one attached hydrogen (secondary N) is 1. The van der Waals surface area contributed by atoms with Crippen molar-refractivity contribution in [3.8, 4) is 5.75 Å². The summed E-state index contributed by atoms with van der Waals surface area (Å²) in [4.78, 5) is 8.90. The zero-order valence-corrected chi connectivity index (χ0v) is 14.1. The molecule has 1 N–H and O–H groups in total. The van der Waals surface area contributed by atoms with E-state index in [-0.39, 0.29) is 11.6 Å². The Bertz CT molecular complexity index is 912. The molecule has 5 rings (SSSR count). The van der Waals surface area contributed by atoms with Crippen LogP contribution in [-0.4, -0.2) is 15.6 Å². The first kappa shape index (κ1) is 14.7. The van der Waals surface area contributed by atoms with Crippen LogP contribution in [0.4, 0.5) is 5.82 Å². The van der Waals surface area contributed by atoms with Crippen molar-refractivity contribution in [1.82, 2.24) is 9.97 Å². The topological polar surface area (TPSA) is 47.0 Å². The minimum Gasteiger partial charge on any atom is -0.487 e. The molecule has 2 aromatic carbocycles. The Labute approximate surface area is 147 Å². The predicted octanol–water partition coefficient (Wildman–Crippen LogP) is 4.88. The van der Waals surface area contributed by atoms with Crippen molar-refractivity contribution in [2.45, 2.75) is 43.7 Å². The monoisotopic (exact) mass is 331 g/mol. The fourth-order valence-corrected chi connectivity index (χ4v) is 4.36. The molecule has 0 amide bonds. The third kappa shape index (κ3) is 2.53. The van der Waals surface area contributed by atoms with Gasteiger partial charge in [-0.1, -0.05) is 30.3 Å². The van der Waals surface area contributed by atoms with E-state index < -0.39 is 0 Å². The third-order valence-corrected chi connectivity index (χ3v) is 5.57. The highest BCUT2D eigenvalue weighted by Crippen LogP contribution is 2.48. The van der Waals surface area contributed by atoms with Gasteiger partial charge in [-0.2, -0.15) is 0 Å². The lowest BCUT2D eigenvalue weighted by Crippen LogP contribution is -2.40. The number of hydrogen-bond acceptors (Lipinski definition) is 4. The first-order chi connectivity index (χ1) is 12.3. The summed E-state index contributed by atoms with van der Waals surface area (Å²) in [5.41, 5.74) is 2.17. The van der Waals surface area contributed by atoms with Gasteiger partial charge in [-0.25, -0.2) is 9.97 Å². The fraction of sp³-hybridized carbons (Fsp3) is 0.333. The van der Waals surface area contributed by atoms with Crippen molar-refractivity contribution in [2.75, 3.05) is 5.32 Å². The highest BCUT2D eigenvalue weighted by Gasteiger charge is 2.43. The predicted molar refractivity (Wildman–Crippen MR) is 98.8 cm³/mol. The average molecular weight is 331 g/mol. The number of hydrogen-bond donors (Lipinski definition) is 1. The molecule has 2 heterocycles. The average Bonchev–Trinajstić information content (AvgIpc) is 3.09. The van der Waals surface area contributed by atoms with E-state index in [1.54, 1.807) is 6.33 Å². The lowest BCUT2D eigenvalue weighted by Gasteiger charge is -2.40. The van der Waals surface area contributed by atoms with Crippen LogP contribution in [0.15, 0.2) is 54.9 Å². The number of fused-ring (bicyclic) bond motifs is 2. The number of aromatic nitrogens is 2. The standard InChI is InChI=1S/C21H21N3O/c1-3-9-17-16(8-1)20(23-14-22-17)24-18-13-21(11-5-6-12-21)25-19-10-4-2-7-15(18)19/h1-4,7-10,14,18H,5-6,11-13H2,(H,22,23,24). The first-order valence-corrected chi connectivity index (χ1v) is 9.07. The molecule has 1 unspecified atom stereocenters. The molecule has 126 valence electrons. The Morgan fingerprint density at radius 2 is 1.76 bits per heavy atom. The number of rotatable bonds is 2. The smallest absolute Gasteiger partial charge is 0.137 e. The van der Waals surface area contributed by atoms with Gasteiger partial charge in [-0.3, -0.25) is 0 Å². The molecule has 0 saturated heterocycles. The molecule has 2 aliphatic rings. The summed E-state index contributed by atoms with van der Waals surface area (Å²) in [7, 11) is 0. The molecule has 1 aliphatic carbocycles. The molecule has 1 fully saturated rings. The van der Waals surface area contributed by atoms with E-state index in [9.17, 15) is 0 Å². The molecule has 1 aromatic heterocycles. The molecule has 1 spiro atoms. The molecule has 3 aromatic rings. The lowest BCUT2D eigenvalue weighted by atomic mass is 9.86. The Morgan fingerprint density at radius 1 is 0.960 bits per heavy atom. The van der Waals surface area contributed by atoms with Gasteiger partial charge in [-0.15, -0.1) is 0 Å². The molecule has 0 radical (unpaired) electrons. The second-order valence-electron chi connectivity index (χ2n) is 7.17. The summed E-state index contributed by atoms with van der Waals surface area (Å²) >= 11 is 0. The second-order valence-corrected chi connectivity index (χ2v) is 7.17. The van der Waals surface area contributed by atoms with E-state index in [0.717, 1.165) is 41.7 Å². The van der Waals surface area contributed by atoms with Crippen LogP contribution in [0.3, 0.4) is 0 Å². The number of anilines is 1. The van der Waals surface area contributed by atoms with Gasteiger partial charge in [-0.05, 0) is 43.9 Å². The van der Waals surface area contributed by atoms with E-state index in [1.165, 1.54) is 18.4 Å². The van der Waals surface area contributed by atoms with Gasteiger partial charge < -0.3 is 10.1 Å². The fourth-order valence-electron chi connectivity index (χ4n) is 4.36. The SMILES string of the molecule is c1ccc2c(c1)OC1(CCCC1)CC2Nc1ncnc2ccccc12. The van der Waals surface area contributed by atoms with Crippen LogP contribution in [0.5, 0.6) is 5.75 Å². The number of nitrogens with zero attached hydrogens (tertiary/aromatic N) is 2. The summed E-state index contributed by atoms with van der Waals surface area (Å²) in [5.74, 6) is 1.92. The van der Waals surface area contributed by atoms with Crippen molar-refractivity contribution < 1.29 is 4.74 Å². The van der Waals surface area contributed by atoms with Crippen LogP contribution in [-0.2, 0) is 0 Å². The molecular formula is C21H21N3O. The minimum atomic E-state index is -0.0190. The number of benzene rings is 2. The van der Waals surface area contributed by atoms with Crippen molar-refractivity contribution in [2.24, 2.45) is 0 Å². The largest absolute Gasteiger partial charge is 0.487 e. The van der Waals surface area contributed by atoms with Crippen molar-refractivity contribution >= 4 is 16.7 Å². The Hall–Kier alpha value is -2.62. The van der Waals surface area contributed by atoms with Crippen LogP contribution in [0.25, 0.3) is 10.9 Å². The summed E-state index contributed by atoms with van der Waals surface area (Å²) in [5, 5.41) is 4.76. The van der Waals surface area contributed by atoms with Crippen molar-refractivity contribution in [3.63, 3.8) is 0 Å². The highest BCUT2D eigenvalue weighted by atomic mass is 16.5. The van der Waals surface area contributed by atoms with Gasteiger partial charge in [0.15, 0.2) is 0 Å². The summed E-state index contributed by atoms with van der Waals surface area (Å²) in [6.07, 6.45) is 7.42. The third-order valence-electron chi connectivity index (χ3n) is 5.57. The van der Waals surface area contributed by atoms with Gasteiger partial charge in [0.1, 0.15) is 23.5 Å². The van der Waals surface area contributed by atoms with E-state index >= 15 is 0 Å². The van der Waals surface area contributed by atoms with Crippen LogP contribution in [0.2, 0.25) is 0 Å². The van der Waals surface area contributed by atoms with Gasteiger partial charge in [0, 0.05) is 17.4 Å². The van der Waals surface area contributed by atoms with Crippen molar-refractivity contribution in [3.05, 3.63) is 60.4 Å². The summed E-state index contributed by atoms with van der Waals surface area (Å²) in [6, 6.07) is 16.8. The summed E-state index contributed by atoms with van der Waals surface area (Å²) < 4.78 is 6.46. The molecule has 1 atom stereocenters. The quantitative estimate of drug-likeness (QED) is 0.727. The highest BCUT2D eigenvalue weighted by molar-refractivity contribution is 5.88. The van der Waals surface area contributed by atoms with Gasteiger partial charge in [0.2, 0.25) is 0 Å². The van der Waals surface area contributed by atoms with E-state index in [2.05, 4.69) is 45.6 Å². The van der Waals surface area contributed by atoms with Gasteiger partial charge >= 0.3 is 0 Å². The maximum Gasteiger partial charge on any atom is 0.137 e. The van der Waals surface area contributed by atoms with E-state index in [0.29, 0.717) is 0 Å². The zero-order valence-electron chi connectivity index (χ0n) is 14.1. The second kappa shape index (κ2) is 5.73. The molecule has 4 heteroatoms. The molecule has 25 heavy (non-hydrogen) atoms. The Morgan fingerprint density at radius 3 is 2.68 bits per heavy atom. The summed E-state index contributed by atoms with van der Waals surface area (Å²) in [6.45, 7) is 0. The Kier molecular flexibility index (Phi) is 3.37.